The van der Waals surface area contributed by atoms with E-state index in [9.17, 15) is 0 Å². The Bertz CT molecular complexity index is 445. The number of rotatable bonds is 2. The van der Waals surface area contributed by atoms with Crippen LogP contribution in [0.2, 0.25) is 0 Å². The summed E-state index contributed by atoms with van der Waals surface area (Å²) < 4.78 is 0. The average Bonchev–Trinajstić information content (AvgIpc) is 2.48. The molecule has 2 nitrogen and oxygen atoms in total. The van der Waals surface area contributed by atoms with Gasteiger partial charge in [-0.1, -0.05) is 32.4 Å². The Hall–Kier alpha value is -1.02. The number of fused-ring (bicyclic) bond motifs is 1. The highest BCUT2D eigenvalue weighted by Gasteiger charge is 2.29. The third-order valence-corrected chi connectivity index (χ3v) is 5.28. The maximum atomic E-state index is 3.47. The van der Waals surface area contributed by atoms with Gasteiger partial charge >= 0.3 is 0 Å². The van der Waals surface area contributed by atoms with E-state index in [0.29, 0.717) is 5.41 Å². The van der Waals surface area contributed by atoms with E-state index in [1.807, 2.05) is 0 Å². The second kappa shape index (κ2) is 5.16. The molecule has 19 heavy (non-hydrogen) atoms. The van der Waals surface area contributed by atoms with Crippen LogP contribution in [0.5, 0.6) is 0 Å². The lowest BCUT2D eigenvalue weighted by molar-refractivity contribution is 0.238. The fourth-order valence-corrected chi connectivity index (χ4v) is 3.45. The molecule has 1 aromatic rings. The van der Waals surface area contributed by atoms with Gasteiger partial charge in [0.05, 0.1) is 0 Å². The van der Waals surface area contributed by atoms with Gasteiger partial charge in [0.2, 0.25) is 0 Å². The fourth-order valence-electron chi connectivity index (χ4n) is 3.45. The molecular weight excluding hydrogens is 232 g/mol. The smallest absolute Gasteiger partial charge is 0.0402 e. The van der Waals surface area contributed by atoms with Crippen molar-refractivity contribution in [1.29, 1.82) is 0 Å². The van der Waals surface area contributed by atoms with Crippen LogP contribution >= 0.6 is 0 Å². The van der Waals surface area contributed by atoms with E-state index in [1.165, 1.54) is 50.0 Å². The molecule has 0 atom stereocenters. The molecule has 2 heteroatoms. The molecule has 0 aliphatic carbocycles. The lowest BCUT2D eigenvalue weighted by Crippen LogP contribution is -2.39. The first kappa shape index (κ1) is 13.0. The molecule has 0 bridgehead atoms. The predicted octanol–water partition coefficient (Wildman–Crippen LogP) is 3.35. The van der Waals surface area contributed by atoms with Crippen LogP contribution in [0.4, 0.5) is 5.69 Å². The molecule has 0 unspecified atom stereocenters. The van der Waals surface area contributed by atoms with Crippen LogP contribution in [0.1, 0.15) is 44.2 Å². The summed E-state index contributed by atoms with van der Waals surface area (Å²) in [5.41, 5.74) is 5.19. The molecule has 1 saturated heterocycles. The first-order chi connectivity index (χ1) is 9.22. The lowest BCUT2D eigenvalue weighted by atomic mass is 9.78. The fraction of sp³-hybridized carbons (Fsp3) is 0.647. The highest BCUT2D eigenvalue weighted by molar-refractivity contribution is 5.58. The van der Waals surface area contributed by atoms with Crippen LogP contribution < -0.4 is 10.2 Å². The normalized spacial score (nSPS) is 22.1. The summed E-state index contributed by atoms with van der Waals surface area (Å²) in [5.74, 6) is 0. The second-order valence-corrected chi connectivity index (χ2v) is 6.49. The summed E-state index contributed by atoms with van der Waals surface area (Å²) >= 11 is 0. The summed E-state index contributed by atoms with van der Waals surface area (Å²) in [7, 11) is 0. The Labute approximate surface area is 117 Å². The molecule has 0 radical (unpaired) electrons. The van der Waals surface area contributed by atoms with Crippen LogP contribution in [0.15, 0.2) is 18.2 Å². The Kier molecular flexibility index (Phi) is 3.53. The van der Waals surface area contributed by atoms with Crippen molar-refractivity contribution in [3.05, 3.63) is 29.3 Å². The van der Waals surface area contributed by atoms with Gasteiger partial charge in [-0.3, -0.25) is 0 Å². The molecule has 1 aromatic carbocycles. The molecular formula is C17H26N2. The van der Waals surface area contributed by atoms with Crippen molar-refractivity contribution in [2.45, 2.75) is 46.1 Å². The third kappa shape index (κ3) is 2.51. The number of nitrogens with zero attached hydrogens (tertiary/aromatic N) is 1. The Balaban J connectivity index is 1.80. The maximum absolute atomic E-state index is 3.47. The van der Waals surface area contributed by atoms with Gasteiger partial charge in [0.15, 0.2) is 0 Å². The van der Waals surface area contributed by atoms with Crippen molar-refractivity contribution in [2.24, 2.45) is 5.41 Å². The van der Waals surface area contributed by atoms with Crippen molar-refractivity contribution >= 4 is 5.69 Å². The summed E-state index contributed by atoms with van der Waals surface area (Å²) in [6, 6.07) is 6.85. The Morgan fingerprint density at radius 1 is 1.26 bits per heavy atom. The van der Waals surface area contributed by atoms with Crippen LogP contribution in [0, 0.1) is 5.41 Å². The van der Waals surface area contributed by atoms with Gasteiger partial charge in [0, 0.05) is 25.3 Å². The third-order valence-electron chi connectivity index (χ3n) is 5.28. The molecule has 1 N–H and O–H groups in total. The lowest BCUT2D eigenvalue weighted by Gasteiger charge is -2.41. The molecule has 0 aromatic heterocycles. The second-order valence-electron chi connectivity index (χ2n) is 6.49. The zero-order valence-corrected chi connectivity index (χ0v) is 12.3. The largest absolute Gasteiger partial charge is 0.371 e. The number of nitrogens with one attached hydrogen (secondary N) is 1. The Morgan fingerprint density at radius 3 is 2.79 bits per heavy atom. The van der Waals surface area contributed by atoms with E-state index >= 15 is 0 Å². The average molecular weight is 258 g/mol. The van der Waals surface area contributed by atoms with E-state index in [1.54, 1.807) is 5.56 Å². The quantitative estimate of drug-likeness (QED) is 0.875. The van der Waals surface area contributed by atoms with E-state index in [4.69, 9.17) is 0 Å². The first-order valence-electron chi connectivity index (χ1n) is 7.78. The number of piperidine rings is 1. The van der Waals surface area contributed by atoms with Crippen molar-refractivity contribution < 1.29 is 0 Å². The summed E-state index contributed by atoms with van der Waals surface area (Å²) in [6.45, 7) is 9.43. The minimum absolute atomic E-state index is 0.576. The summed E-state index contributed by atoms with van der Waals surface area (Å²) in [6.07, 6.45) is 5.18. The maximum Gasteiger partial charge on any atom is 0.0402 e. The standard InChI is InChI=1S/C17H26N2/c1-3-17(2)8-11-19(12-9-17)16-6-4-5-14-13-18-10-7-15(14)16/h4-6,18H,3,7-13H2,1-2H3. The summed E-state index contributed by atoms with van der Waals surface area (Å²) in [4.78, 5) is 2.63. The minimum atomic E-state index is 0.576. The van der Waals surface area contributed by atoms with Gasteiger partial charge < -0.3 is 10.2 Å². The van der Waals surface area contributed by atoms with E-state index in [-0.39, 0.29) is 0 Å². The van der Waals surface area contributed by atoms with Crippen LogP contribution in [-0.4, -0.2) is 19.6 Å². The van der Waals surface area contributed by atoms with Crippen LogP contribution in [0.3, 0.4) is 0 Å². The monoisotopic (exact) mass is 258 g/mol. The van der Waals surface area contributed by atoms with Gasteiger partial charge in [-0.2, -0.15) is 0 Å². The number of anilines is 1. The summed E-state index contributed by atoms with van der Waals surface area (Å²) in [5, 5.41) is 3.47. The SMILES string of the molecule is CCC1(C)CCN(c2cccc3c2CCNC3)CC1. The molecule has 1 fully saturated rings. The molecule has 0 saturated carbocycles. The van der Waals surface area contributed by atoms with Crippen molar-refractivity contribution in [3.63, 3.8) is 0 Å². The molecule has 0 amide bonds. The minimum Gasteiger partial charge on any atom is -0.371 e. The van der Waals surface area contributed by atoms with E-state index in [0.717, 1.165) is 13.1 Å². The predicted molar refractivity (Wildman–Crippen MR) is 81.7 cm³/mol. The van der Waals surface area contributed by atoms with E-state index < -0.39 is 0 Å². The molecule has 2 heterocycles. The Morgan fingerprint density at radius 2 is 2.05 bits per heavy atom. The number of hydrogen-bond acceptors (Lipinski definition) is 2. The van der Waals surface area contributed by atoms with Crippen molar-refractivity contribution in [3.8, 4) is 0 Å². The molecule has 104 valence electrons. The highest BCUT2D eigenvalue weighted by atomic mass is 15.1. The molecule has 2 aliphatic heterocycles. The van der Waals surface area contributed by atoms with Gasteiger partial charge in [0.25, 0.3) is 0 Å². The van der Waals surface area contributed by atoms with Crippen molar-refractivity contribution in [2.75, 3.05) is 24.5 Å². The first-order valence-corrected chi connectivity index (χ1v) is 7.78. The van der Waals surface area contributed by atoms with E-state index in [2.05, 4.69) is 42.3 Å². The molecule has 3 rings (SSSR count). The van der Waals surface area contributed by atoms with Crippen LogP contribution in [0.25, 0.3) is 0 Å². The molecule has 2 aliphatic rings. The van der Waals surface area contributed by atoms with Gasteiger partial charge in [-0.15, -0.1) is 0 Å². The highest BCUT2D eigenvalue weighted by Crippen LogP contribution is 2.37. The molecule has 0 spiro atoms. The zero-order valence-electron chi connectivity index (χ0n) is 12.3. The topological polar surface area (TPSA) is 15.3 Å². The van der Waals surface area contributed by atoms with Gasteiger partial charge in [-0.25, -0.2) is 0 Å². The van der Waals surface area contributed by atoms with Gasteiger partial charge in [0.1, 0.15) is 0 Å². The van der Waals surface area contributed by atoms with Gasteiger partial charge in [-0.05, 0) is 48.4 Å². The number of hydrogen-bond donors (Lipinski definition) is 1. The van der Waals surface area contributed by atoms with Crippen molar-refractivity contribution in [1.82, 2.24) is 5.32 Å². The van der Waals surface area contributed by atoms with Crippen LogP contribution in [-0.2, 0) is 13.0 Å². The zero-order chi connectivity index (χ0) is 13.3. The number of benzene rings is 1.